The molecule has 2 atom stereocenters. The molecule has 0 radical (unpaired) electrons. The highest BCUT2D eigenvalue weighted by atomic mass is 16.7. The van der Waals surface area contributed by atoms with Crippen molar-refractivity contribution in [1.29, 1.82) is 0 Å². The predicted octanol–water partition coefficient (Wildman–Crippen LogP) is 7.03. The first kappa shape index (κ1) is 24.4. The number of unbranched alkanes of at least 4 members (excludes halogenated alkanes) is 8. The van der Waals surface area contributed by atoms with Crippen LogP contribution in [0, 0.1) is 5.92 Å². The van der Waals surface area contributed by atoms with Gasteiger partial charge < -0.3 is 9.47 Å². The lowest BCUT2D eigenvalue weighted by molar-refractivity contribution is -0.175. The molecule has 3 nitrogen and oxygen atoms in total. The van der Waals surface area contributed by atoms with Crippen molar-refractivity contribution in [1.82, 2.24) is 0 Å². The van der Waals surface area contributed by atoms with E-state index in [0.29, 0.717) is 18.9 Å². The van der Waals surface area contributed by atoms with Crippen LogP contribution in [0.15, 0.2) is 0 Å². The molecule has 150 valence electrons. The lowest BCUT2D eigenvalue weighted by Crippen LogP contribution is -2.20. The molecule has 2 unspecified atom stereocenters. The molecule has 0 rings (SSSR count). The van der Waals surface area contributed by atoms with E-state index in [0.717, 1.165) is 19.3 Å². The summed E-state index contributed by atoms with van der Waals surface area (Å²) in [5.74, 6) is 0.393. The molecule has 0 aliphatic heterocycles. The summed E-state index contributed by atoms with van der Waals surface area (Å²) < 4.78 is 10.9. The lowest BCUT2D eigenvalue weighted by Gasteiger charge is -2.18. The van der Waals surface area contributed by atoms with E-state index in [1.165, 1.54) is 64.2 Å². The number of carbonyl (C=O) groups excluding carboxylic acids is 1. The van der Waals surface area contributed by atoms with Crippen molar-refractivity contribution in [2.45, 2.75) is 124 Å². The minimum atomic E-state index is -0.415. The standard InChI is InChI=1S/C22H44O3/c1-5-8-10-12-13-15-17-21(16-14-11-9-6-2)19-22(23)25-20(4)24-18-7-3/h20-21H,5-19H2,1-4H3. The van der Waals surface area contributed by atoms with Crippen LogP contribution in [0.4, 0.5) is 0 Å². The maximum absolute atomic E-state index is 12.2. The number of esters is 1. The Hall–Kier alpha value is -0.570. The molecule has 0 heterocycles. The number of ether oxygens (including phenoxy) is 2. The molecule has 0 aliphatic rings. The van der Waals surface area contributed by atoms with Crippen molar-refractivity contribution in [2.75, 3.05) is 6.61 Å². The quantitative estimate of drug-likeness (QED) is 0.150. The third kappa shape index (κ3) is 16.6. The minimum Gasteiger partial charge on any atom is -0.436 e. The fourth-order valence-corrected chi connectivity index (χ4v) is 3.21. The smallest absolute Gasteiger partial charge is 0.308 e. The van der Waals surface area contributed by atoms with Crippen molar-refractivity contribution in [3.63, 3.8) is 0 Å². The first-order valence-corrected chi connectivity index (χ1v) is 10.9. The molecule has 0 N–H and O–H groups in total. The van der Waals surface area contributed by atoms with E-state index < -0.39 is 6.29 Å². The molecule has 0 fully saturated rings. The Morgan fingerprint density at radius 3 is 1.84 bits per heavy atom. The second-order valence-corrected chi connectivity index (χ2v) is 7.40. The van der Waals surface area contributed by atoms with Gasteiger partial charge in [0.05, 0.1) is 6.61 Å². The summed E-state index contributed by atoms with van der Waals surface area (Å²) in [5.41, 5.74) is 0. The van der Waals surface area contributed by atoms with Gasteiger partial charge in [-0.25, -0.2) is 0 Å². The third-order valence-electron chi connectivity index (χ3n) is 4.74. The van der Waals surface area contributed by atoms with Gasteiger partial charge in [0.25, 0.3) is 0 Å². The maximum atomic E-state index is 12.2. The Morgan fingerprint density at radius 1 is 0.760 bits per heavy atom. The van der Waals surface area contributed by atoms with Crippen LogP contribution in [0.1, 0.15) is 118 Å². The van der Waals surface area contributed by atoms with E-state index in [4.69, 9.17) is 9.47 Å². The van der Waals surface area contributed by atoms with Gasteiger partial charge in [0.15, 0.2) is 6.29 Å². The van der Waals surface area contributed by atoms with Gasteiger partial charge in [-0.05, 0) is 32.1 Å². The monoisotopic (exact) mass is 356 g/mol. The fourth-order valence-electron chi connectivity index (χ4n) is 3.21. The molecule has 3 heteroatoms. The van der Waals surface area contributed by atoms with Crippen LogP contribution in [-0.2, 0) is 14.3 Å². The maximum Gasteiger partial charge on any atom is 0.308 e. The van der Waals surface area contributed by atoms with Crippen molar-refractivity contribution >= 4 is 5.97 Å². The van der Waals surface area contributed by atoms with Gasteiger partial charge >= 0.3 is 5.97 Å². The highest BCUT2D eigenvalue weighted by Crippen LogP contribution is 2.22. The highest BCUT2D eigenvalue weighted by molar-refractivity contribution is 5.69. The first-order chi connectivity index (χ1) is 12.1. The molecule has 0 aromatic carbocycles. The van der Waals surface area contributed by atoms with E-state index in [1.807, 2.05) is 6.92 Å². The zero-order valence-electron chi connectivity index (χ0n) is 17.5. The molecule has 0 aromatic heterocycles. The summed E-state index contributed by atoms with van der Waals surface area (Å²) in [4.78, 5) is 12.2. The summed E-state index contributed by atoms with van der Waals surface area (Å²) in [6.07, 6.45) is 16.4. The molecule has 0 saturated heterocycles. The number of rotatable bonds is 18. The van der Waals surface area contributed by atoms with Gasteiger partial charge in [-0.1, -0.05) is 85.0 Å². The topological polar surface area (TPSA) is 35.5 Å². The van der Waals surface area contributed by atoms with E-state index in [9.17, 15) is 4.79 Å². The van der Waals surface area contributed by atoms with Crippen LogP contribution in [0.2, 0.25) is 0 Å². The minimum absolute atomic E-state index is 0.0879. The average molecular weight is 357 g/mol. The van der Waals surface area contributed by atoms with Crippen LogP contribution < -0.4 is 0 Å². The third-order valence-corrected chi connectivity index (χ3v) is 4.74. The Morgan fingerprint density at radius 2 is 1.28 bits per heavy atom. The van der Waals surface area contributed by atoms with Crippen LogP contribution in [0.3, 0.4) is 0 Å². The molecular formula is C22H44O3. The van der Waals surface area contributed by atoms with Crippen LogP contribution >= 0.6 is 0 Å². The van der Waals surface area contributed by atoms with Crippen molar-refractivity contribution in [2.24, 2.45) is 5.92 Å². The molecular weight excluding hydrogens is 312 g/mol. The summed E-state index contributed by atoms with van der Waals surface area (Å²) in [7, 11) is 0. The molecule has 25 heavy (non-hydrogen) atoms. The van der Waals surface area contributed by atoms with Crippen molar-refractivity contribution in [3.8, 4) is 0 Å². The van der Waals surface area contributed by atoms with E-state index in [1.54, 1.807) is 0 Å². The Balaban J connectivity index is 4.10. The first-order valence-electron chi connectivity index (χ1n) is 10.9. The van der Waals surface area contributed by atoms with Crippen molar-refractivity contribution in [3.05, 3.63) is 0 Å². The largest absolute Gasteiger partial charge is 0.436 e. The Labute approximate surface area is 157 Å². The van der Waals surface area contributed by atoms with E-state index in [-0.39, 0.29) is 5.97 Å². The van der Waals surface area contributed by atoms with Gasteiger partial charge in [0.2, 0.25) is 0 Å². The second-order valence-electron chi connectivity index (χ2n) is 7.40. The zero-order chi connectivity index (χ0) is 18.8. The average Bonchev–Trinajstić information content (AvgIpc) is 2.59. The summed E-state index contributed by atoms with van der Waals surface area (Å²) >= 11 is 0. The van der Waals surface area contributed by atoms with E-state index >= 15 is 0 Å². The molecule has 0 aromatic rings. The second kappa shape index (κ2) is 18.2. The molecule has 0 spiro atoms. The van der Waals surface area contributed by atoms with Gasteiger partial charge in [0, 0.05) is 6.42 Å². The Bertz CT molecular complexity index is 291. The van der Waals surface area contributed by atoms with Gasteiger partial charge in [0.1, 0.15) is 0 Å². The summed E-state index contributed by atoms with van der Waals surface area (Å²) in [5, 5.41) is 0. The number of hydrogen-bond donors (Lipinski definition) is 0. The van der Waals surface area contributed by atoms with Gasteiger partial charge in [-0.2, -0.15) is 0 Å². The molecule has 0 saturated carbocycles. The Kier molecular flexibility index (Phi) is 17.8. The lowest BCUT2D eigenvalue weighted by atomic mass is 9.91. The van der Waals surface area contributed by atoms with Crippen LogP contribution in [-0.4, -0.2) is 18.9 Å². The van der Waals surface area contributed by atoms with E-state index in [2.05, 4.69) is 20.8 Å². The molecule has 0 bridgehead atoms. The normalized spacial score (nSPS) is 13.6. The van der Waals surface area contributed by atoms with Gasteiger partial charge in [-0.15, -0.1) is 0 Å². The number of hydrogen-bond acceptors (Lipinski definition) is 3. The SMILES string of the molecule is CCCCCCCCC(CCCCCC)CC(=O)OC(C)OCCC. The van der Waals surface area contributed by atoms with Crippen molar-refractivity contribution < 1.29 is 14.3 Å². The summed E-state index contributed by atoms with van der Waals surface area (Å²) in [6.45, 7) is 9.01. The van der Waals surface area contributed by atoms with Crippen LogP contribution in [0.5, 0.6) is 0 Å². The summed E-state index contributed by atoms with van der Waals surface area (Å²) in [6, 6.07) is 0. The zero-order valence-corrected chi connectivity index (χ0v) is 17.5. The van der Waals surface area contributed by atoms with Crippen LogP contribution in [0.25, 0.3) is 0 Å². The van der Waals surface area contributed by atoms with Gasteiger partial charge in [-0.3, -0.25) is 4.79 Å². The highest BCUT2D eigenvalue weighted by Gasteiger charge is 2.17. The predicted molar refractivity (Wildman–Crippen MR) is 107 cm³/mol. The molecule has 0 amide bonds. The molecule has 0 aliphatic carbocycles. The number of carbonyl (C=O) groups is 1. The fraction of sp³-hybridized carbons (Fsp3) is 0.955.